The standard InChI is InChI=1S/C10H14O2S/c1-8-9(4-7-12-8)13-10(2,3)5-6-11/h4,6-7H,5H2,1-3H3. The molecule has 1 aromatic heterocycles. The highest BCUT2D eigenvalue weighted by Crippen LogP contribution is 2.36. The Morgan fingerprint density at radius 3 is 2.77 bits per heavy atom. The highest BCUT2D eigenvalue weighted by atomic mass is 32.2. The predicted octanol–water partition coefficient (Wildman–Crippen LogP) is 3.05. The van der Waals surface area contributed by atoms with Gasteiger partial charge in [0.15, 0.2) is 0 Å². The van der Waals surface area contributed by atoms with Crippen molar-refractivity contribution in [3.05, 3.63) is 18.1 Å². The Balaban J connectivity index is 2.68. The highest BCUT2D eigenvalue weighted by Gasteiger charge is 2.20. The summed E-state index contributed by atoms with van der Waals surface area (Å²) in [5.41, 5.74) is 0. The third kappa shape index (κ3) is 2.92. The van der Waals surface area contributed by atoms with Crippen molar-refractivity contribution in [2.45, 2.75) is 36.8 Å². The second-order valence-electron chi connectivity index (χ2n) is 3.57. The van der Waals surface area contributed by atoms with Gasteiger partial charge in [0, 0.05) is 16.1 Å². The minimum atomic E-state index is -0.0453. The van der Waals surface area contributed by atoms with E-state index in [4.69, 9.17) is 4.42 Å². The van der Waals surface area contributed by atoms with Crippen molar-refractivity contribution in [2.75, 3.05) is 0 Å². The van der Waals surface area contributed by atoms with Crippen molar-refractivity contribution in [3.8, 4) is 0 Å². The number of hydrogen-bond acceptors (Lipinski definition) is 3. The zero-order chi connectivity index (χ0) is 9.90. The zero-order valence-corrected chi connectivity index (χ0v) is 8.98. The second kappa shape index (κ2) is 4.01. The molecule has 0 N–H and O–H groups in total. The van der Waals surface area contributed by atoms with Gasteiger partial charge in [0.1, 0.15) is 12.0 Å². The van der Waals surface area contributed by atoms with Gasteiger partial charge in [0.25, 0.3) is 0 Å². The molecule has 0 aromatic carbocycles. The quantitative estimate of drug-likeness (QED) is 0.550. The van der Waals surface area contributed by atoms with Gasteiger partial charge in [-0.25, -0.2) is 0 Å². The van der Waals surface area contributed by atoms with Gasteiger partial charge >= 0.3 is 0 Å². The molecule has 0 saturated heterocycles. The molecule has 0 aliphatic carbocycles. The van der Waals surface area contributed by atoms with E-state index in [1.807, 2.05) is 13.0 Å². The van der Waals surface area contributed by atoms with Crippen LogP contribution in [0.1, 0.15) is 26.0 Å². The van der Waals surface area contributed by atoms with Crippen molar-refractivity contribution in [1.82, 2.24) is 0 Å². The molecule has 0 radical (unpaired) electrons. The molecule has 1 aromatic rings. The number of aryl methyl sites for hydroxylation is 1. The average molecular weight is 198 g/mol. The van der Waals surface area contributed by atoms with E-state index in [9.17, 15) is 4.79 Å². The van der Waals surface area contributed by atoms with Gasteiger partial charge < -0.3 is 9.21 Å². The molecule has 0 atom stereocenters. The molecule has 0 aliphatic heterocycles. The van der Waals surface area contributed by atoms with Crippen LogP contribution in [0.3, 0.4) is 0 Å². The summed E-state index contributed by atoms with van der Waals surface area (Å²) in [5.74, 6) is 0.920. The molecule has 0 saturated carbocycles. The monoisotopic (exact) mass is 198 g/mol. The lowest BCUT2D eigenvalue weighted by Gasteiger charge is -2.20. The fourth-order valence-corrected chi connectivity index (χ4v) is 2.08. The Hall–Kier alpha value is -0.700. The van der Waals surface area contributed by atoms with Crippen LogP contribution in [0.5, 0.6) is 0 Å². The molecule has 13 heavy (non-hydrogen) atoms. The Morgan fingerprint density at radius 1 is 1.62 bits per heavy atom. The van der Waals surface area contributed by atoms with Crippen LogP contribution in [0.2, 0.25) is 0 Å². The third-order valence-corrected chi connectivity index (χ3v) is 3.14. The van der Waals surface area contributed by atoms with Crippen LogP contribution in [0, 0.1) is 6.92 Å². The van der Waals surface area contributed by atoms with Crippen LogP contribution in [0.4, 0.5) is 0 Å². The van der Waals surface area contributed by atoms with E-state index in [1.54, 1.807) is 18.0 Å². The van der Waals surface area contributed by atoms with Gasteiger partial charge in [-0.15, -0.1) is 11.8 Å². The van der Waals surface area contributed by atoms with Gasteiger partial charge in [-0.2, -0.15) is 0 Å². The SMILES string of the molecule is Cc1occc1SC(C)(C)CC=O. The van der Waals surface area contributed by atoms with Crippen LogP contribution < -0.4 is 0 Å². The van der Waals surface area contributed by atoms with Crippen LogP contribution in [0.15, 0.2) is 21.6 Å². The van der Waals surface area contributed by atoms with E-state index in [2.05, 4.69) is 13.8 Å². The minimum absolute atomic E-state index is 0.0453. The fourth-order valence-electron chi connectivity index (χ4n) is 1.02. The molecule has 0 unspecified atom stereocenters. The topological polar surface area (TPSA) is 30.2 Å². The van der Waals surface area contributed by atoms with Crippen molar-refractivity contribution in [1.29, 1.82) is 0 Å². The van der Waals surface area contributed by atoms with E-state index in [0.717, 1.165) is 16.9 Å². The molecule has 1 heterocycles. The summed E-state index contributed by atoms with van der Waals surface area (Å²) in [7, 11) is 0. The summed E-state index contributed by atoms with van der Waals surface area (Å²) in [4.78, 5) is 11.5. The smallest absolute Gasteiger partial charge is 0.121 e. The van der Waals surface area contributed by atoms with E-state index < -0.39 is 0 Å². The third-order valence-electron chi connectivity index (χ3n) is 1.77. The lowest BCUT2D eigenvalue weighted by molar-refractivity contribution is -0.108. The van der Waals surface area contributed by atoms with Gasteiger partial charge in [-0.3, -0.25) is 0 Å². The molecular weight excluding hydrogens is 184 g/mol. The summed E-state index contributed by atoms with van der Waals surface area (Å²) in [6, 6.07) is 1.94. The van der Waals surface area contributed by atoms with Crippen molar-refractivity contribution >= 4 is 18.0 Å². The Morgan fingerprint density at radius 2 is 2.31 bits per heavy atom. The lowest BCUT2D eigenvalue weighted by Crippen LogP contribution is -2.14. The van der Waals surface area contributed by atoms with Gasteiger partial charge in [0.2, 0.25) is 0 Å². The summed E-state index contributed by atoms with van der Waals surface area (Å²) in [6.45, 7) is 6.04. The molecule has 3 heteroatoms. The van der Waals surface area contributed by atoms with E-state index in [-0.39, 0.29) is 4.75 Å². The molecule has 0 aliphatic rings. The second-order valence-corrected chi connectivity index (χ2v) is 5.32. The highest BCUT2D eigenvalue weighted by molar-refractivity contribution is 8.00. The maximum atomic E-state index is 10.4. The molecule has 1 rings (SSSR count). The first-order valence-corrected chi connectivity index (χ1v) is 5.03. The number of rotatable bonds is 4. The van der Waals surface area contributed by atoms with Crippen LogP contribution in [-0.4, -0.2) is 11.0 Å². The number of furan rings is 1. The van der Waals surface area contributed by atoms with E-state index in [1.165, 1.54) is 0 Å². The molecule has 2 nitrogen and oxygen atoms in total. The first kappa shape index (κ1) is 10.4. The summed E-state index contributed by atoms with van der Waals surface area (Å²) in [6.07, 6.45) is 3.19. The molecule has 0 fully saturated rings. The number of hydrogen-bond donors (Lipinski definition) is 0. The maximum absolute atomic E-state index is 10.4. The van der Waals surface area contributed by atoms with Crippen molar-refractivity contribution in [3.63, 3.8) is 0 Å². The van der Waals surface area contributed by atoms with Crippen LogP contribution >= 0.6 is 11.8 Å². The largest absolute Gasteiger partial charge is 0.468 e. The number of aldehydes is 1. The Bertz CT molecular complexity index is 289. The Kier molecular flexibility index (Phi) is 3.20. The number of carbonyl (C=O) groups is 1. The maximum Gasteiger partial charge on any atom is 0.121 e. The Labute approximate surface area is 82.7 Å². The molecular formula is C10H14O2S. The summed E-state index contributed by atoms with van der Waals surface area (Å²) < 4.78 is 5.13. The number of carbonyl (C=O) groups excluding carboxylic acids is 1. The molecule has 0 bridgehead atoms. The zero-order valence-electron chi connectivity index (χ0n) is 8.16. The van der Waals surface area contributed by atoms with Crippen LogP contribution in [0.25, 0.3) is 0 Å². The van der Waals surface area contributed by atoms with Gasteiger partial charge in [-0.1, -0.05) is 0 Å². The van der Waals surface area contributed by atoms with E-state index >= 15 is 0 Å². The van der Waals surface area contributed by atoms with Gasteiger partial charge in [-0.05, 0) is 26.8 Å². The molecule has 72 valence electrons. The predicted molar refractivity (Wildman–Crippen MR) is 54.1 cm³/mol. The average Bonchev–Trinajstić information content (AvgIpc) is 2.35. The molecule has 0 amide bonds. The first-order chi connectivity index (χ1) is 6.05. The van der Waals surface area contributed by atoms with Crippen molar-refractivity contribution < 1.29 is 9.21 Å². The minimum Gasteiger partial charge on any atom is -0.468 e. The summed E-state index contributed by atoms with van der Waals surface area (Å²) in [5, 5.41) is 0. The fraction of sp³-hybridized carbons (Fsp3) is 0.500. The first-order valence-electron chi connectivity index (χ1n) is 4.22. The van der Waals surface area contributed by atoms with Gasteiger partial charge in [0.05, 0.1) is 6.26 Å². The summed E-state index contributed by atoms with van der Waals surface area (Å²) >= 11 is 1.68. The van der Waals surface area contributed by atoms with Crippen molar-refractivity contribution in [2.24, 2.45) is 0 Å². The normalized spacial score (nSPS) is 11.6. The van der Waals surface area contributed by atoms with E-state index in [0.29, 0.717) is 6.42 Å². The number of thioether (sulfide) groups is 1. The lowest BCUT2D eigenvalue weighted by atomic mass is 10.1. The molecule has 0 spiro atoms. The van der Waals surface area contributed by atoms with Crippen LogP contribution in [-0.2, 0) is 4.79 Å².